The van der Waals surface area contributed by atoms with Crippen LogP contribution in [0.3, 0.4) is 0 Å². The van der Waals surface area contributed by atoms with E-state index in [4.69, 9.17) is 4.74 Å². The minimum absolute atomic E-state index is 0.333. The van der Waals surface area contributed by atoms with Crippen molar-refractivity contribution in [2.45, 2.75) is 51.0 Å². The number of benzene rings is 1. The van der Waals surface area contributed by atoms with Gasteiger partial charge in [0.1, 0.15) is 5.82 Å². The number of hydrogen-bond acceptors (Lipinski definition) is 4. The minimum Gasteiger partial charge on any atom is -0.455 e. The number of aliphatic hydroxyl groups is 1. The molecule has 0 spiro atoms. The SMILES string of the molecule is CCN(C(=O)COC(=O)C12C[C@@H]3C[C@@H](CC(O)(C3)C1)C2)c1ccc(F)cc1. The Morgan fingerprint density at radius 1 is 1.19 bits per heavy atom. The van der Waals surface area contributed by atoms with Crippen molar-refractivity contribution in [1.29, 1.82) is 0 Å². The molecule has 0 aromatic heterocycles. The van der Waals surface area contributed by atoms with Crippen LogP contribution in [0.4, 0.5) is 10.1 Å². The fraction of sp³-hybridized carbons (Fsp3) is 0.619. The van der Waals surface area contributed by atoms with Crippen LogP contribution in [0.5, 0.6) is 0 Å². The number of ether oxygens (including phenoxy) is 1. The lowest BCUT2D eigenvalue weighted by Crippen LogP contribution is -2.58. The Bertz CT molecular complexity index is 733. The van der Waals surface area contributed by atoms with E-state index in [1.807, 2.05) is 6.92 Å². The highest BCUT2D eigenvalue weighted by atomic mass is 19.1. The summed E-state index contributed by atoms with van der Waals surface area (Å²) < 4.78 is 18.6. The third-order valence-electron chi connectivity index (χ3n) is 6.55. The van der Waals surface area contributed by atoms with Gasteiger partial charge in [0.15, 0.2) is 6.61 Å². The van der Waals surface area contributed by atoms with Gasteiger partial charge < -0.3 is 14.7 Å². The van der Waals surface area contributed by atoms with Gasteiger partial charge in [-0.25, -0.2) is 4.39 Å². The number of nitrogens with zero attached hydrogens (tertiary/aromatic N) is 1. The van der Waals surface area contributed by atoms with Gasteiger partial charge in [-0.1, -0.05) is 0 Å². The molecular weight excluding hydrogens is 349 g/mol. The predicted octanol–water partition coefficient (Wildman–Crippen LogP) is 3.05. The van der Waals surface area contributed by atoms with Gasteiger partial charge in [0.25, 0.3) is 5.91 Å². The lowest BCUT2D eigenvalue weighted by atomic mass is 9.48. The van der Waals surface area contributed by atoms with Gasteiger partial charge in [-0.2, -0.15) is 0 Å². The maximum Gasteiger partial charge on any atom is 0.312 e. The lowest BCUT2D eigenvalue weighted by Gasteiger charge is -2.58. The number of amides is 1. The molecule has 4 saturated carbocycles. The molecule has 5 rings (SSSR count). The molecule has 0 aliphatic heterocycles. The van der Waals surface area contributed by atoms with Gasteiger partial charge in [-0.15, -0.1) is 0 Å². The van der Waals surface area contributed by atoms with E-state index < -0.39 is 11.0 Å². The molecule has 6 heteroatoms. The Balaban J connectivity index is 1.41. The first-order chi connectivity index (χ1) is 12.8. The molecular formula is C21H26FNO4. The number of hydrogen-bond donors (Lipinski definition) is 1. The van der Waals surface area contributed by atoms with Crippen molar-refractivity contribution in [3.63, 3.8) is 0 Å². The maximum absolute atomic E-state index is 13.1. The number of carbonyl (C=O) groups is 2. The molecule has 5 nitrogen and oxygen atoms in total. The Hall–Kier alpha value is -1.95. The predicted molar refractivity (Wildman–Crippen MR) is 97.5 cm³/mol. The Morgan fingerprint density at radius 2 is 1.81 bits per heavy atom. The Kier molecular flexibility index (Phi) is 4.49. The molecule has 0 heterocycles. The number of likely N-dealkylation sites (N-methyl/N-ethyl adjacent to an activating group) is 1. The van der Waals surface area contributed by atoms with Crippen LogP contribution in [0.15, 0.2) is 24.3 Å². The zero-order chi connectivity index (χ0) is 19.2. The van der Waals surface area contributed by atoms with E-state index >= 15 is 0 Å². The molecule has 0 radical (unpaired) electrons. The van der Waals surface area contributed by atoms with Crippen molar-refractivity contribution < 1.29 is 23.8 Å². The fourth-order valence-corrected chi connectivity index (χ4v) is 5.94. The normalized spacial score (nSPS) is 33.7. The number of carbonyl (C=O) groups excluding carboxylic acids is 2. The first kappa shape index (κ1) is 18.4. The highest BCUT2D eigenvalue weighted by Gasteiger charge is 2.60. The smallest absolute Gasteiger partial charge is 0.312 e. The van der Waals surface area contributed by atoms with Crippen LogP contribution in [-0.4, -0.2) is 35.7 Å². The minimum atomic E-state index is -0.739. The first-order valence-corrected chi connectivity index (χ1v) is 9.78. The second-order valence-corrected chi connectivity index (χ2v) is 8.66. The molecule has 4 aliphatic carbocycles. The topological polar surface area (TPSA) is 66.8 Å². The summed E-state index contributed by atoms with van der Waals surface area (Å²) in [6, 6.07) is 5.67. The van der Waals surface area contributed by atoms with E-state index in [1.165, 1.54) is 29.2 Å². The standard InChI is InChI=1S/C21H26FNO4/c1-2-23(17-5-3-16(22)4-6-17)18(24)12-27-19(25)20-8-14-7-15(9-20)11-21(26,10-14)13-20/h3-6,14-15,26H,2,7-13H2,1H3/t14-,15+,20?,21?. The largest absolute Gasteiger partial charge is 0.455 e. The number of rotatable bonds is 5. The van der Waals surface area contributed by atoms with E-state index in [0.717, 1.165) is 32.1 Å². The van der Waals surface area contributed by atoms with Crippen LogP contribution in [-0.2, 0) is 14.3 Å². The van der Waals surface area contributed by atoms with Gasteiger partial charge >= 0.3 is 5.97 Å². The summed E-state index contributed by atoms with van der Waals surface area (Å²) in [4.78, 5) is 26.9. The quantitative estimate of drug-likeness (QED) is 0.804. The van der Waals surface area contributed by atoms with Crippen molar-refractivity contribution in [1.82, 2.24) is 0 Å². The number of halogens is 1. The van der Waals surface area contributed by atoms with Gasteiger partial charge in [-0.05, 0) is 81.5 Å². The molecule has 4 atom stereocenters. The maximum atomic E-state index is 13.1. The highest BCUT2D eigenvalue weighted by Crippen LogP contribution is 2.61. The third-order valence-corrected chi connectivity index (χ3v) is 6.55. The van der Waals surface area contributed by atoms with E-state index in [-0.39, 0.29) is 24.3 Å². The summed E-state index contributed by atoms with van der Waals surface area (Å²) in [6.45, 7) is 1.88. The summed E-state index contributed by atoms with van der Waals surface area (Å²) in [5, 5.41) is 10.8. The van der Waals surface area contributed by atoms with Gasteiger partial charge in [0.05, 0.1) is 11.0 Å². The Labute approximate surface area is 158 Å². The summed E-state index contributed by atoms with van der Waals surface area (Å²) in [5.41, 5.74) is -0.799. The molecule has 1 aromatic carbocycles. The first-order valence-electron chi connectivity index (χ1n) is 9.78. The average Bonchev–Trinajstić information content (AvgIpc) is 2.59. The van der Waals surface area contributed by atoms with Crippen LogP contribution in [0.2, 0.25) is 0 Å². The summed E-state index contributed by atoms with van der Waals surface area (Å²) in [5.74, 6) is -0.287. The van der Waals surface area contributed by atoms with E-state index in [2.05, 4.69) is 0 Å². The molecule has 146 valence electrons. The lowest BCUT2D eigenvalue weighted by molar-refractivity contribution is -0.196. The summed E-state index contributed by atoms with van der Waals surface area (Å²) in [7, 11) is 0. The molecule has 4 fully saturated rings. The molecule has 4 bridgehead atoms. The molecule has 2 unspecified atom stereocenters. The second-order valence-electron chi connectivity index (χ2n) is 8.66. The zero-order valence-electron chi connectivity index (χ0n) is 15.6. The van der Waals surface area contributed by atoms with Crippen LogP contribution >= 0.6 is 0 Å². The van der Waals surface area contributed by atoms with Crippen molar-refractivity contribution in [2.75, 3.05) is 18.1 Å². The van der Waals surface area contributed by atoms with Crippen LogP contribution in [0, 0.1) is 23.1 Å². The highest BCUT2D eigenvalue weighted by molar-refractivity contribution is 5.95. The average molecular weight is 375 g/mol. The monoisotopic (exact) mass is 375 g/mol. The molecule has 1 amide bonds. The van der Waals surface area contributed by atoms with Crippen LogP contribution in [0.25, 0.3) is 0 Å². The van der Waals surface area contributed by atoms with Gasteiger partial charge in [0.2, 0.25) is 0 Å². The fourth-order valence-electron chi connectivity index (χ4n) is 5.94. The van der Waals surface area contributed by atoms with Crippen molar-refractivity contribution in [2.24, 2.45) is 17.3 Å². The summed E-state index contributed by atoms with van der Waals surface area (Å²) in [6.07, 6.45) is 4.62. The summed E-state index contributed by atoms with van der Waals surface area (Å²) >= 11 is 0. The zero-order valence-corrected chi connectivity index (χ0v) is 15.6. The van der Waals surface area contributed by atoms with Gasteiger partial charge in [0, 0.05) is 12.2 Å². The molecule has 4 aliphatic rings. The van der Waals surface area contributed by atoms with E-state index in [0.29, 0.717) is 30.5 Å². The van der Waals surface area contributed by atoms with E-state index in [1.54, 1.807) is 0 Å². The Morgan fingerprint density at radius 3 is 2.37 bits per heavy atom. The van der Waals surface area contributed by atoms with Crippen molar-refractivity contribution >= 4 is 17.6 Å². The molecule has 27 heavy (non-hydrogen) atoms. The number of esters is 1. The van der Waals surface area contributed by atoms with Crippen LogP contribution < -0.4 is 4.90 Å². The number of anilines is 1. The molecule has 1 aromatic rings. The van der Waals surface area contributed by atoms with E-state index in [9.17, 15) is 19.1 Å². The molecule has 0 saturated heterocycles. The third kappa shape index (κ3) is 3.35. The van der Waals surface area contributed by atoms with Crippen molar-refractivity contribution in [3.05, 3.63) is 30.1 Å². The van der Waals surface area contributed by atoms with Gasteiger partial charge in [-0.3, -0.25) is 9.59 Å². The second kappa shape index (κ2) is 6.59. The van der Waals surface area contributed by atoms with Crippen molar-refractivity contribution in [3.8, 4) is 0 Å². The molecule has 1 N–H and O–H groups in total. The van der Waals surface area contributed by atoms with Crippen LogP contribution in [0.1, 0.15) is 45.4 Å².